The third-order valence-corrected chi connectivity index (χ3v) is 4.35. The molecular formula is C18H17ClN4O2. The Hall–Kier alpha value is -2.70. The van der Waals surface area contributed by atoms with Crippen LogP contribution in [0.5, 0.6) is 0 Å². The number of hydrogen-bond donors (Lipinski definition) is 2. The van der Waals surface area contributed by atoms with Gasteiger partial charge in [0.25, 0.3) is 5.56 Å². The van der Waals surface area contributed by atoms with Gasteiger partial charge in [0.2, 0.25) is 5.91 Å². The van der Waals surface area contributed by atoms with Gasteiger partial charge >= 0.3 is 0 Å². The molecule has 0 bridgehead atoms. The Bertz CT molecular complexity index is 1030. The molecule has 0 saturated carbocycles. The lowest BCUT2D eigenvalue weighted by Crippen LogP contribution is -2.28. The fourth-order valence-electron chi connectivity index (χ4n) is 2.69. The van der Waals surface area contributed by atoms with Gasteiger partial charge in [-0.05, 0) is 36.8 Å². The van der Waals surface area contributed by atoms with E-state index in [-0.39, 0.29) is 5.56 Å². The first-order valence-electron chi connectivity index (χ1n) is 7.81. The van der Waals surface area contributed by atoms with Gasteiger partial charge in [0.15, 0.2) is 0 Å². The lowest BCUT2D eigenvalue weighted by molar-refractivity contribution is 0.1000. The van der Waals surface area contributed by atoms with Crippen molar-refractivity contribution in [3.05, 3.63) is 69.2 Å². The van der Waals surface area contributed by atoms with Gasteiger partial charge in [-0.25, -0.2) is 4.98 Å². The number of hydrogen-bond acceptors (Lipinski definition) is 4. The largest absolute Gasteiger partial charge is 0.366 e. The number of aromatic nitrogens is 2. The Morgan fingerprint density at radius 3 is 2.68 bits per heavy atom. The second kappa shape index (κ2) is 6.66. The summed E-state index contributed by atoms with van der Waals surface area (Å²) in [6.45, 7) is 1.91. The average molecular weight is 357 g/mol. The predicted molar refractivity (Wildman–Crippen MR) is 98.1 cm³/mol. The maximum atomic E-state index is 13.1. The van der Waals surface area contributed by atoms with E-state index in [4.69, 9.17) is 23.1 Å². The second-order valence-corrected chi connectivity index (χ2v) is 6.08. The summed E-state index contributed by atoms with van der Waals surface area (Å²) in [7, 11) is 0. The zero-order chi connectivity index (χ0) is 18.1. The van der Waals surface area contributed by atoms with Crippen molar-refractivity contribution in [2.75, 3.05) is 0 Å². The Balaban J connectivity index is 2.41. The van der Waals surface area contributed by atoms with Crippen LogP contribution in [-0.4, -0.2) is 15.5 Å². The summed E-state index contributed by atoms with van der Waals surface area (Å²) in [5, 5.41) is 0.618. The Kier molecular flexibility index (Phi) is 4.57. The Labute approximate surface area is 149 Å². The Morgan fingerprint density at radius 1 is 1.28 bits per heavy atom. The number of carbonyl (C=O) groups excluding carboxylic acids is 1. The first-order chi connectivity index (χ1) is 11.9. The summed E-state index contributed by atoms with van der Waals surface area (Å²) in [6.07, 6.45) is 0.591. The van der Waals surface area contributed by atoms with Crippen LogP contribution in [0.15, 0.2) is 47.3 Å². The zero-order valence-electron chi connectivity index (χ0n) is 13.6. The maximum Gasteiger partial charge on any atom is 0.267 e. The molecule has 0 aliphatic rings. The molecule has 0 aliphatic heterocycles. The lowest BCUT2D eigenvalue weighted by atomic mass is 10.1. The van der Waals surface area contributed by atoms with Crippen LogP contribution in [0, 0.1) is 0 Å². The molecule has 25 heavy (non-hydrogen) atoms. The zero-order valence-corrected chi connectivity index (χ0v) is 14.3. The highest BCUT2D eigenvalue weighted by molar-refractivity contribution is 6.35. The van der Waals surface area contributed by atoms with Crippen molar-refractivity contribution in [2.24, 2.45) is 11.5 Å². The van der Waals surface area contributed by atoms with Gasteiger partial charge in [-0.2, -0.15) is 0 Å². The van der Waals surface area contributed by atoms with E-state index < -0.39 is 11.9 Å². The number of fused-ring (bicyclic) bond motifs is 1. The molecule has 3 aromatic rings. The van der Waals surface area contributed by atoms with Crippen molar-refractivity contribution in [1.82, 2.24) is 9.55 Å². The summed E-state index contributed by atoms with van der Waals surface area (Å²) in [4.78, 5) is 29.2. The smallest absolute Gasteiger partial charge is 0.267 e. The normalized spacial score (nSPS) is 12.3. The SMILES string of the molecule is CCC(N)c1nc2cccc(Cl)c2c(=O)n1-c1cccc(C(N)=O)c1. The van der Waals surface area contributed by atoms with E-state index in [9.17, 15) is 9.59 Å². The molecule has 1 amide bonds. The average Bonchev–Trinajstić information content (AvgIpc) is 2.60. The van der Waals surface area contributed by atoms with Gasteiger partial charge in [0, 0.05) is 5.56 Å². The molecule has 1 atom stereocenters. The number of benzene rings is 2. The van der Waals surface area contributed by atoms with Crippen molar-refractivity contribution < 1.29 is 4.79 Å². The standard InChI is InChI=1S/C18H17ClN4O2/c1-2-13(20)17-22-14-8-4-7-12(19)15(14)18(25)23(17)11-6-3-5-10(9-11)16(21)24/h3-9,13H,2,20H2,1H3,(H2,21,24). The number of halogens is 1. The summed E-state index contributed by atoms with van der Waals surface area (Å²) in [6, 6.07) is 11.1. The highest BCUT2D eigenvalue weighted by Crippen LogP contribution is 2.23. The summed E-state index contributed by atoms with van der Waals surface area (Å²) in [5.74, 6) is -0.174. The van der Waals surface area contributed by atoms with Gasteiger partial charge in [-0.3, -0.25) is 14.2 Å². The third kappa shape index (κ3) is 3.01. The number of carbonyl (C=O) groups is 1. The predicted octanol–water partition coefficient (Wildman–Crippen LogP) is 2.55. The van der Waals surface area contributed by atoms with Crippen molar-refractivity contribution in [2.45, 2.75) is 19.4 Å². The maximum absolute atomic E-state index is 13.1. The molecule has 1 heterocycles. The van der Waals surface area contributed by atoms with Crippen LogP contribution in [0.2, 0.25) is 5.02 Å². The molecule has 128 valence electrons. The van der Waals surface area contributed by atoms with Crippen LogP contribution in [0.1, 0.15) is 35.6 Å². The number of primary amides is 1. The number of rotatable bonds is 4. The summed E-state index contributed by atoms with van der Waals surface area (Å²) >= 11 is 6.21. The second-order valence-electron chi connectivity index (χ2n) is 5.67. The first-order valence-corrected chi connectivity index (χ1v) is 8.18. The molecule has 6 nitrogen and oxygen atoms in total. The summed E-state index contributed by atoms with van der Waals surface area (Å²) < 4.78 is 1.40. The molecule has 4 N–H and O–H groups in total. The van der Waals surface area contributed by atoms with Crippen LogP contribution in [0.3, 0.4) is 0 Å². The fourth-order valence-corrected chi connectivity index (χ4v) is 2.94. The monoisotopic (exact) mass is 356 g/mol. The van der Waals surface area contributed by atoms with Crippen molar-refractivity contribution in [3.8, 4) is 5.69 Å². The van der Waals surface area contributed by atoms with Crippen LogP contribution >= 0.6 is 11.6 Å². The van der Waals surface area contributed by atoms with Crippen LogP contribution in [0.4, 0.5) is 0 Å². The molecule has 1 aromatic heterocycles. The molecular weight excluding hydrogens is 340 g/mol. The highest BCUT2D eigenvalue weighted by Gasteiger charge is 2.19. The molecule has 1 unspecified atom stereocenters. The molecule has 0 spiro atoms. The van der Waals surface area contributed by atoms with E-state index >= 15 is 0 Å². The van der Waals surface area contributed by atoms with Gasteiger partial charge in [0.05, 0.1) is 27.7 Å². The van der Waals surface area contributed by atoms with E-state index in [1.807, 2.05) is 6.92 Å². The molecule has 0 aliphatic carbocycles. The van der Waals surface area contributed by atoms with Crippen LogP contribution < -0.4 is 17.0 Å². The molecule has 7 heteroatoms. The molecule has 3 rings (SSSR count). The van der Waals surface area contributed by atoms with Crippen molar-refractivity contribution >= 4 is 28.4 Å². The van der Waals surface area contributed by atoms with E-state index in [1.165, 1.54) is 4.57 Å². The van der Waals surface area contributed by atoms with E-state index in [0.717, 1.165) is 0 Å². The van der Waals surface area contributed by atoms with E-state index in [1.54, 1.807) is 42.5 Å². The van der Waals surface area contributed by atoms with E-state index in [2.05, 4.69) is 4.98 Å². The molecule has 0 radical (unpaired) electrons. The van der Waals surface area contributed by atoms with E-state index in [0.29, 0.717) is 39.4 Å². The van der Waals surface area contributed by atoms with Crippen molar-refractivity contribution in [3.63, 3.8) is 0 Å². The van der Waals surface area contributed by atoms with Gasteiger partial charge < -0.3 is 11.5 Å². The third-order valence-electron chi connectivity index (χ3n) is 4.03. The fraction of sp³-hybridized carbons (Fsp3) is 0.167. The number of amides is 1. The highest BCUT2D eigenvalue weighted by atomic mass is 35.5. The number of nitrogens with two attached hydrogens (primary N) is 2. The molecule has 0 fully saturated rings. The minimum absolute atomic E-state index is 0.291. The minimum Gasteiger partial charge on any atom is -0.366 e. The minimum atomic E-state index is -0.581. The van der Waals surface area contributed by atoms with Crippen LogP contribution in [-0.2, 0) is 0 Å². The van der Waals surface area contributed by atoms with Gasteiger partial charge in [-0.1, -0.05) is 30.7 Å². The molecule has 2 aromatic carbocycles. The Morgan fingerprint density at radius 2 is 2.00 bits per heavy atom. The quantitative estimate of drug-likeness (QED) is 0.749. The topological polar surface area (TPSA) is 104 Å². The van der Waals surface area contributed by atoms with Gasteiger partial charge in [0.1, 0.15) is 5.82 Å². The van der Waals surface area contributed by atoms with Gasteiger partial charge in [-0.15, -0.1) is 0 Å². The molecule has 0 saturated heterocycles. The first kappa shape index (κ1) is 17.1. The summed E-state index contributed by atoms with van der Waals surface area (Å²) in [5.41, 5.74) is 12.4. The lowest BCUT2D eigenvalue weighted by Gasteiger charge is -2.18. The number of nitrogens with zero attached hydrogens (tertiary/aromatic N) is 2. The van der Waals surface area contributed by atoms with Crippen LogP contribution in [0.25, 0.3) is 16.6 Å². The van der Waals surface area contributed by atoms with Crippen molar-refractivity contribution in [1.29, 1.82) is 0 Å².